The summed E-state index contributed by atoms with van der Waals surface area (Å²) in [5.41, 5.74) is -1.81. The molecule has 1 amide bonds. The Bertz CT molecular complexity index is 395. The zero-order valence-electron chi connectivity index (χ0n) is 12.6. The summed E-state index contributed by atoms with van der Waals surface area (Å²) in [6.07, 6.45) is 9.23. The van der Waals surface area contributed by atoms with Gasteiger partial charge in [-0.15, -0.1) is 0 Å². The highest BCUT2D eigenvalue weighted by Crippen LogP contribution is 2.51. The van der Waals surface area contributed by atoms with Gasteiger partial charge >= 0.3 is 0 Å². The molecule has 2 aliphatic rings. The molecule has 4 nitrogen and oxygen atoms in total. The van der Waals surface area contributed by atoms with E-state index in [0.29, 0.717) is 19.4 Å². The van der Waals surface area contributed by atoms with Gasteiger partial charge in [-0.3, -0.25) is 4.79 Å². The van der Waals surface area contributed by atoms with Crippen LogP contribution in [0.5, 0.6) is 0 Å². The number of hydrogen-bond donors (Lipinski definition) is 2. The maximum Gasteiger partial charge on any atom is 0.229 e. The Morgan fingerprint density at radius 1 is 1.45 bits per heavy atom. The van der Waals surface area contributed by atoms with Gasteiger partial charge in [-0.05, 0) is 39.0 Å². The van der Waals surface area contributed by atoms with Gasteiger partial charge in [-0.2, -0.15) is 0 Å². The summed E-state index contributed by atoms with van der Waals surface area (Å²) < 4.78 is 0. The Morgan fingerprint density at radius 2 is 2.20 bits per heavy atom. The van der Waals surface area contributed by atoms with Crippen LogP contribution in [0.3, 0.4) is 0 Å². The molecule has 0 spiro atoms. The molecule has 20 heavy (non-hydrogen) atoms. The monoisotopic (exact) mass is 281 g/mol. The smallest absolute Gasteiger partial charge is 0.229 e. The number of unbranched alkanes of at least 4 members (excludes halogenated alkanes) is 2. The maximum absolute atomic E-state index is 12.3. The van der Waals surface area contributed by atoms with Crippen LogP contribution < -0.4 is 0 Å². The van der Waals surface area contributed by atoms with Crippen molar-refractivity contribution < 1.29 is 15.0 Å². The Labute approximate surface area is 121 Å². The molecule has 4 heteroatoms. The van der Waals surface area contributed by atoms with E-state index in [0.717, 1.165) is 25.7 Å². The van der Waals surface area contributed by atoms with Crippen LogP contribution in [0.4, 0.5) is 0 Å². The van der Waals surface area contributed by atoms with Crippen LogP contribution in [-0.4, -0.2) is 45.3 Å². The third-order valence-electron chi connectivity index (χ3n) is 5.32. The second-order valence-electron chi connectivity index (χ2n) is 6.24. The third-order valence-corrected chi connectivity index (χ3v) is 5.32. The van der Waals surface area contributed by atoms with Crippen LogP contribution in [0.15, 0.2) is 12.2 Å². The average molecular weight is 281 g/mol. The van der Waals surface area contributed by atoms with Crippen molar-refractivity contribution in [2.75, 3.05) is 13.2 Å². The Kier molecular flexibility index (Phi) is 4.55. The topological polar surface area (TPSA) is 60.8 Å². The number of carbonyl (C=O) groups excluding carboxylic acids is 1. The van der Waals surface area contributed by atoms with E-state index in [1.54, 1.807) is 4.90 Å². The minimum Gasteiger partial charge on any atom is -0.394 e. The number of amides is 1. The Hall–Kier alpha value is -0.870. The quantitative estimate of drug-likeness (QED) is 0.577. The highest BCUT2D eigenvalue weighted by Gasteiger charge is 2.66. The first-order chi connectivity index (χ1) is 9.53. The lowest BCUT2D eigenvalue weighted by molar-refractivity contribution is -0.132. The van der Waals surface area contributed by atoms with Crippen molar-refractivity contribution in [1.82, 2.24) is 4.90 Å². The molecule has 2 N–H and O–H groups in total. The summed E-state index contributed by atoms with van der Waals surface area (Å²) in [6, 6.07) is 0. The van der Waals surface area contributed by atoms with Gasteiger partial charge in [0.2, 0.25) is 5.91 Å². The number of carbonyl (C=O) groups is 1. The van der Waals surface area contributed by atoms with E-state index in [-0.39, 0.29) is 12.5 Å². The van der Waals surface area contributed by atoms with Crippen LogP contribution in [0.2, 0.25) is 0 Å². The maximum atomic E-state index is 12.3. The van der Waals surface area contributed by atoms with E-state index in [2.05, 4.69) is 6.08 Å². The van der Waals surface area contributed by atoms with E-state index in [1.807, 2.05) is 19.9 Å². The summed E-state index contributed by atoms with van der Waals surface area (Å²) in [7, 11) is 0. The molecule has 2 rings (SSSR count). The molecule has 0 aromatic carbocycles. The van der Waals surface area contributed by atoms with Crippen LogP contribution in [-0.2, 0) is 4.79 Å². The van der Waals surface area contributed by atoms with Crippen molar-refractivity contribution in [3.05, 3.63) is 12.2 Å². The van der Waals surface area contributed by atoms with Gasteiger partial charge < -0.3 is 15.1 Å². The number of allylic oxidation sites excluding steroid dienone is 2. The zero-order chi connectivity index (χ0) is 14.8. The predicted octanol–water partition coefficient (Wildman–Crippen LogP) is 1.86. The van der Waals surface area contributed by atoms with Crippen molar-refractivity contribution in [1.29, 1.82) is 0 Å². The number of rotatable bonds is 6. The fourth-order valence-electron chi connectivity index (χ4n) is 4.06. The standard InChI is InChI=1S/C16H27NO3/c1-3-4-5-6-7-10-16(20)13(2)14(19)17-11-8-9-15(16,17)12-18/h3-4,13,18,20H,5-12H2,1-2H3/b4-3+. The van der Waals surface area contributed by atoms with Crippen molar-refractivity contribution in [3.8, 4) is 0 Å². The molecule has 114 valence electrons. The lowest BCUT2D eigenvalue weighted by Crippen LogP contribution is -2.59. The molecule has 2 heterocycles. The summed E-state index contributed by atoms with van der Waals surface area (Å²) in [4.78, 5) is 14.1. The van der Waals surface area contributed by atoms with Gasteiger partial charge in [-0.25, -0.2) is 0 Å². The minimum absolute atomic E-state index is 0.00695. The SMILES string of the molecule is C/C=C/CCCCC1(O)C(C)C(=O)N2CCCC21CO. The van der Waals surface area contributed by atoms with Gasteiger partial charge in [0, 0.05) is 6.54 Å². The molecule has 2 aliphatic heterocycles. The minimum atomic E-state index is -1.08. The first kappa shape index (κ1) is 15.5. The van der Waals surface area contributed by atoms with Gasteiger partial charge in [0.25, 0.3) is 0 Å². The zero-order valence-corrected chi connectivity index (χ0v) is 12.6. The van der Waals surface area contributed by atoms with Crippen molar-refractivity contribution in [2.45, 2.75) is 63.5 Å². The number of hydrogen-bond acceptors (Lipinski definition) is 3. The lowest BCUT2D eigenvalue weighted by Gasteiger charge is -2.42. The van der Waals surface area contributed by atoms with E-state index >= 15 is 0 Å². The number of nitrogens with zero attached hydrogens (tertiary/aromatic N) is 1. The van der Waals surface area contributed by atoms with Crippen LogP contribution in [0.1, 0.15) is 52.4 Å². The molecule has 0 bridgehead atoms. The summed E-state index contributed by atoms with van der Waals surface area (Å²) in [5, 5.41) is 21.0. The fourth-order valence-corrected chi connectivity index (χ4v) is 4.06. The molecule has 0 saturated carbocycles. The molecule has 3 unspecified atom stereocenters. The summed E-state index contributed by atoms with van der Waals surface area (Å²) in [5.74, 6) is -0.399. The summed E-state index contributed by atoms with van der Waals surface area (Å²) >= 11 is 0. The highest BCUT2D eigenvalue weighted by molar-refractivity contribution is 5.85. The van der Waals surface area contributed by atoms with Crippen molar-refractivity contribution in [3.63, 3.8) is 0 Å². The molecule has 2 fully saturated rings. The largest absolute Gasteiger partial charge is 0.394 e. The van der Waals surface area contributed by atoms with Gasteiger partial charge in [-0.1, -0.05) is 25.5 Å². The molecular formula is C16H27NO3. The predicted molar refractivity (Wildman–Crippen MR) is 78.2 cm³/mol. The normalized spacial score (nSPS) is 37.1. The number of aliphatic hydroxyl groups is 2. The van der Waals surface area contributed by atoms with Crippen LogP contribution >= 0.6 is 0 Å². The molecule has 2 saturated heterocycles. The number of fused-ring (bicyclic) bond motifs is 1. The van der Waals surface area contributed by atoms with Gasteiger partial charge in [0.05, 0.1) is 18.1 Å². The van der Waals surface area contributed by atoms with E-state index in [4.69, 9.17) is 0 Å². The average Bonchev–Trinajstić information content (AvgIpc) is 2.95. The molecular weight excluding hydrogens is 254 g/mol. The Balaban J connectivity index is 2.12. The lowest BCUT2D eigenvalue weighted by atomic mass is 9.72. The fraction of sp³-hybridized carbons (Fsp3) is 0.812. The van der Waals surface area contributed by atoms with Crippen molar-refractivity contribution in [2.24, 2.45) is 5.92 Å². The molecule has 0 aliphatic carbocycles. The second-order valence-corrected chi connectivity index (χ2v) is 6.24. The van der Waals surface area contributed by atoms with E-state index < -0.39 is 17.1 Å². The van der Waals surface area contributed by atoms with Crippen LogP contribution in [0.25, 0.3) is 0 Å². The first-order valence-corrected chi connectivity index (χ1v) is 7.79. The number of aliphatic hydroxyl groups excluding tert-OH is 1. The van der Waals surface area contributed by atoms with E-state index in [9.17, 15) is 15.0 Å². The van der Waals surface area contributed by atoms with E-state index in [1.165, 1.54) is 0 Å². The first-order valence-electron chi connectivity index (χ1n) is 7.79. The van der Waals surface area contributed by atoms with Crippen molar-refractivity contribution >= 4 is 5.91 Å². The third kappa shape index (κ3) is 2.09. The Morgan fingerprint density at radius 3 is 2.85 bits per heavy atom. The molecule has 3 atom stereocenters. The van der Waals surface area contributed by atoms with Gasteiger partial charge in [0.1, 0.15) is 5.60 Å². The second kappa shape index (κ2) is 5.86. The molecule has 0 aromatic rings. The highest BCUT2D eigenvalue weighted by atomic mass is 16.3. The molecule has 0 radical (unpaired) electrons. The van der Waals surface area contributed by atoms with Crippen LogP contribution in [0, 0.1) is 5.92 Å². The molecule has 0 aromatic heterocycles. The summed E-state index contributed by atoms with van der Waals surface area (Å²) in [6.45, 7) is 4.35. The van der Waals surface area contributed by atoms with Gasteiger partial charge in [0.15, 0.2) is 0 Å².